The Morgan fingerprint density at radius 2 is 1.16 bits per heavy atom. The maximum Gasteiger partial charge on any atom is 0.185 e. The number of nitrogens with zero attached hydrogens (tertiary/aromatic N) is 2. The Balaban J connectivity index is 1.97. The number of hydrogen-bond donors (Lipinski definition) is 0. The van der Waals surface area contributed by atoms with Crippen molar-refractivity contribution in [3.8, 4) is 0 Å². The summed E-state index contributed by atoms with van der Waals surface area (Å²) in [6.07, 6.45) is 6.98. The molecule has 0 unspecified atom stereocenters. The van der Waals surface area contributed by atoms with Gasteiger partial charge in [-0.15, -0.1) is 0 Å². The van der Waals surface area contributed by atoms with E-state index in [9.17, 15) is 4.79 Å². The zero-order valence-corrected chi connectivity index (χ0v) is 20.8. The van der Waals surface area contributed by atoms with Crippen LogP contribution < -0.4 is 9.80 Å². The van der Waals surface area contributed by atoms with Crippen LogP contribution in [0.2, 0.25) is 0 Å². The summed E-state index contributed by atoms with van der Waals surface area (Å²) in [7, 11) is 8.16. The first kappa shape index (κ1) is 23.8. The van der Waals surface area contributed by atoms with Crippen LogP contribution in [0.4, 0.5) is 11.4 Å². The number of carbonyl (C=O) groups is 1. The Bertz CT molecular complexity index is 919. The number of Topliss-reactive ketones (excluding diaryl/α,β-unsaturated/α-hetero) is 1. The van der Waals surface area contributed by atoms with Gasteiger partial charge in [0.2, 0.25) is 0 Å². The molecule has 0 atom stereocenters. The van der Waals surface area contributed by atoms with Gasteiger partial charge in [-0.3, -0.25) is 4.79 Å². The van der Waals surface area contributed by atoms with Crippen LogP contribution in [0.25, 0.3) is 12.2 Å². The summed E-state index contributed by atoms with van der Waals surface area (Å²) in [6.45, 7) is 6.92. The highest BCUT2D eigenvalue weighted by Crippen LogP contribution is 2.44. The predicted octanol–water partition coefficient (Wildman–Crippen LogP) is 6.70. The molecule has 2 aromatic rings. The molecule has 2 aromatic carbocycles. The van der Waals surface area contributed by atoms with Crippen LogP contribution in [0.5, 0.6) is 0 Å². The zero-order chi connectivity index (χ0) is 23.5. The zero-order valence-electron chi connectivity index (χ0n) is 20.8. The van der Waals surface area contributed by atoms with E-state index in [0.717, 1.165) is 52.9 Å². The summed E-state index contributed by atoms with van der Waals surface area (Å²) >= 11 is 0. The highest BCUT2D eigenvalue weighted by molar-refractivity contribution is 6.14. The molecule has 3 rings (SSSR count). The van der Waals surface area contributed by atoms with E-state index in [1.54, 1.807) is 0 Å². The third kappa shape index (κ3) is 5.51. The average Bonchev–Trinajstić information content (AvgIpc) is 2.77. The van der Waals surface area contributed by atoms with E-state index in [1.807, 2.05) is 28.2 Å². The lowest BCUT2D eigenvalue weighted by Crippen LogP contribution is -2.30. The third-order valence-electron chi connectivity index (χ3n) is 7.03. The normalized spacial score (nSPS) is 19.5. The van der Waals surface area contributed by atoms with Crippen molar-refractivity contribution in [3.63, 3.8) is 0 Å². The van der Waals surface area contributed by atoms with Gasteiger partial charge in [0.1, 0.15) is 0 Å². The topological polar surface area (TPSA) is 23.6 Å². The lowest BCUT2D eigenvalue weighted by Gasteiger charge is -2.38. The molecule has 0 radical (unpaired) electrons. The van der Waals surface area contributed by atoms with Crippen LogP contribution in [0.1, 0.15) is 51.2 Å². The summed E-state index contributed by atoms with van der Waals surface area (Å²) < 4.78 is 0. The molecule has 170 valence electrons. The first-order valence-electron chi connectivity index (χ1n) is 11.6. The SMILES string of the molecule is CCC(C)(C)C1C/C(=C\c2ccc(N(C)C)cc2)C(=O)/C(=C/c2ccc(N(C)C)cc2)C1. The fourth-order valence-electron chi connectivity index (χ4n) is 4.22. The molecule has 0 N–H and O–H groups in total. The Morgan fingerprint density at radius 1 is 0.781 bits per heavy atom. The molecule has 0 heterocycles. The quantitative estimate of drug-likeness (QED) is 0.476. The highest BCUT2D eigenvalue weighted by atomic mass is 16.1. The van der Waals surface area contributed by atoms with E-state index in [0.29, 0.717) is 5.92 Å². The van der Waals surface area contributed by atoms with Crippen LogP contribution in [0.15, 0.2) is 59.7 Å². The summed E-state index contributed by atoms with van der Waals surface area (Å²) in [5.41, 5.74) is 6.53. The number of allylic oxidation sites excluding steroid dienone is 2. The molecule has 3 heteroatoms. The summed E-state index contributed by atoms with van der Waals surface area (Å²) in [5.74, 6) is 0.645. The van der Waals surface area contributed by atoms with Crippen molar-refractivity contribution < 1.29 is 4.79 Å². The van der Waals surface area contributed by atoms with E-state index >= 15 is 0 Å². The fourth-order valence-corrected chi connectivity index (χ4v) is 4.22. The molecule has 0 amide bonds. The summed E-state index contributed by atoms with van der Waals surface area (Å²) in [5, 5.41) is 0. The number of benzene rings is 2. The van der Waals surface area contributed by atoms with Crippen LogP contribution in [0, 0.1) is 11.3 Å². The molecule has 0 spiro atoms. The summed E-state index contributed by atoms with van der Waals surface area (Å²) in [4.78, 5) is 17.7. The monoisotopic (exact) mass is 430 g/mol. The second kappa shape index (κ2) is 9.77. The van der Waals surface area contributed by atoms with Crippen molar-refractivity contribution in [1.82, 2.24) is 0 Å². The van der Waals surface area contributed by atoms with E-state index < -0.39 is 0 Å². The van der Waals surface area contributed by atoms with E-state index in [4.69, 9.17) is 0 Å². The molecule has 1 saturated carbocycles. The lowest BCUT2D eigenvalue weighted by molar-refractivity contribution is -0.113. The largest absolute Gasteiger partial charge is 0.378 e. The van der Waals surface area contributed by atoms with Crippen LogP contribution in [-0.2, 0) is 4.79 Å². The standard InChI is InChI=1S/C29H38N2O/c1-8-29(2,3)25-19-23(17-21-9-13-26(14-10-21)30(4)5)28(32)24(20-25)18-22-11-15-27(16-12-22)31(6)7/h9-18,25H,8,19-20H2,1-7H3/b23-17+,24-18+. The molecule has 0 saturated heterocycles. The first-order chi connectivity index (χ1) is 15.1. The highest BCUT2D eigenvalue weighted by Gasteiger charge is 2.36. The number of ketones is 1. The smallest absolute Gasteiger partial charge is 0.185 e. The van der Waals surface area contributed by atoms with Crippen molar-refractivity contribution in [2.24, 2.45) is 11.3 Å². The summed E-state index contributed by atoms with van der Waals surface area (Å²) in [6, 6.07) is 16.8. The number of carbonyl (C=O) groups excluding carboxylic acids is 1. The van der Waals surface area contributed by atoms with Gasteiger partial charge in [0, 0.05) is 50.7 Å². The Morgan fingerprint density at radius 3 is 1.47 bits per heavy atom. The maximum absolute atomic E-state index is 13.5. The number of hydrogen-bond acceptors (Lipinski definition) is 3. The van der Waals surface area contributed by atoms with Crippen molar-refractivity contribution in [1.29, 1.82) is 0 Å². The Labute approximate surface area is 194 Å². The molecule has 1 aliphatic rings. The molecular weight excluding hydrogens is 392 g/mol. The van der Waals surface area contributed by atoms with Crippen molar-refractivity contribution in [2.75, 3.05) is 38.0 Å². The van der Waals surface area contributed by atoms with Gasteiger partial charge in [-0.1, -0.05) is 51.5 Å². The minimum atomic E-state index is 0.183. The minimum Gasteiger partial charge on any atom is -0.378 e. The van der Waals surface area contributed by atoms with Crippen molar-refractivity contribution in [2.45, 2.75) is 40.0 Å². The van der Waals surface area contributed by atoms with Crippen LogP contribution in [-0.4, -0.2) is 34.0 Å². The van der Waals surface area contributed by atoms with Gasteiger partial charge in [0.15, 0.2) is 5.78 Å². The molecule has 1 fully saturated rings. The Hall–Kier alpha value is -2.81. The fraction of sp³-hybridized carbons (Fsp3) is 0.414. The van der Waals surface area contributed by atoms with Crippen LogP contribution in [0.3, 0.4) is 0 Å². The van der Waals surface area contributed by atoms with Gasteiger partial charge < -0.3 is 9.80 Å². The first-order valence-corrected chi connectivity index (χ1v) is 11.6. The Kier molecular flexibility index (Phi) is 7.28. The lowest BCUT2D eigenvalue weighted by atomic mass is 9.66. The van der Waals surface area contributed by atoms with Gasteiger partial charge in [0.25, 0.3) is 0 Å². The van der Waals surface area contributed by atoms with Gasteiger partial charge in [-0.2, -0.15) is 0 Å². The molecule has 3 nitrogen and oxygen atoms in total. The predicted molar refractivity (Wildman–Crippen MR) is 139 cm³/mol. The number of anilines is 2. The van der Waals surface area contributed by atoms with Gasteiger partial charge >= 0.3 is 0 Å². The molecule has 1 aliphatic carbocycles. The van der Waals surface area contributed by atoms with Gasteiger partial charge in [-0.25, -0.2) is 0 Å². The maximum atomic E-state index is 13.5. The molecule has 0 aromatic heterocycles. The second-order valence-corrected chi connectivity index (χ2v) is 10.1. The molecule has 0 bridgehead atoms. The van der Waals surface area contributed by atoms with Gasteiger partial charge in [-0.05, 0) is 71.7 Å². The van der Waals surface area contributed by atoms with E-state index in [1.165, 1.54) is 0 Å². The van der Waals surface area contributed by atoms with E-state index in [-0.39, 0.29) is 11.2 Å². The van der Waals surface area contributed by atoms with Gasteiger partial charge in [0.05, 0.1) is 0 Å². The average molecular weight is 431 g/mol. The minimum absolute atomic E-state index is 0.183. The third-order valence-corrected chi connectivity index (χ3v) is 7.03. The van der Waals surface area contributed by atoms with Crippen LogP contribution >= 0.6 is 0 Å². The number of rotatable bonds is 6. The van der Waals surface area contributed by atoms with E-state index in [2.05, 4.69) is 91.3 Å². The van der Waals surface area contributed by atoms with Crippen molar-refractivity contribution in [3.05, 3.63) is 70.8 Å². The second-order valence-electron chi connectivity index (χ2n) is 10.1. The molecule has 32 heavy (non-hydrogen) atoms. The molecular formula is C29H38N2O. The van der Waals surface area contributed by atoms with Crippen molar-refractivity contribution >= 4 is 29.3 Å². The molecule has 0 aliphatic heterocycles.